The van der Waals surface area contributed by atoms with Crippen molar-refractivity contribution < 1.29 is 4.79 Å². The van der Waals surface area contributed by atoms with Gasteiger partial charge < -0.3 is 15.5 Å². The van der Waals surface area contributed by atoms with Crippen molar-refractivity contribution in [3.63, 3.8) is 0 Å². The van der Waals surface area contributed by atoms with E-state index in [4.69, 9.17) is 0 Å². The molecule has 4 nitrogen and oxygen atoms in total. The third kappa shape index (κ3) is 3.54. The molecule has 0 radical (unpaired) electrons. The number of rotatable bonds is 5. The van der Waals surface area contributed by atoms with Crippen LogP contribution in [0.2, 0.25) is 0 Å². The number of amides is 1. The van der Waals surface area contributed by atoms with E-state index in [0.29, 0.717) is 0 Å². The fraction of sp³-hybridized carbons (Fsp3) is 0.769. The summed E-state index contributed by atoms with van der Waals surface area (Å²) in [7, 11) is 0. The van der Waals surface area contributed by atoms with E-state index in [-0.39, 0.29) is 5.91 Å². The molecule has 0 atom stereocenters. The third-order valence-corrected chi connectivity index (χ3v) is 3.68. The molecule has 0 aromatic heterocycles. The van der Waals surface area contributed by atoms with Gasteiger partial charge in [0.05, 0.1) is 0 Å². The average molecular weight is 237 g/mol. The average Bonchev–Trinajstić information content (AvgIpc) is 2.74. The second-order valence-electron chi connectivity index (χ2n) is 4.99. The van der Waals surface area contributed by atoms with Crippen LogP contribution in [-0.2, 0) is 4.79 Å². The van der Waals surface area contributed by atoms with Crippen LogP contribution in [0.25, 0.3) is 0 Å². The standard InChI is InChI=1S/C13H23N3O/c1-11(12-9-14-10-12)13(17)15-5-4-8-16-6-2-3-7-16/h14H,2-10H2,1H3,(H,15,17). The van der Waals surface area contributed by atoms with Gasteiger partial charge in [-0.25, -0.2) is 0 Å². The Hall–Kier alpha value is -0.870. The summed E-state index contributed by atoms with van der Waals surface area (Å²) in [6, 6.07) is 0. The lowest BCUT2D eigenvalue weighted by Crippen LogP contribution is -2.38. The highest BCUT2D eigenvalue weighted by Crippen LogP contribution is 2.09. The predicted octanol–water partition coefficient (Wildman–Crippen LogP) is 0.508. The third-order valence-electron chi connectivity index (χ3n) is 3.68. The molecule has 2 saturated heterocycles. The normalized spacial score (nSPS) is 20.2. The van der Waals surface area contributed by atoms with Crippen molar-refractivity contribution in [3.8, 4) is 0 Å². The van der Waals surface area contributed by atoms with E-state index in [1.54, 1.807) is 0 Å². The second-order valence-corrected chi connectivity index (χ2v) is 4.99. The number of hydrogen-bond donors (Lipinski definition) is 2. The first kappa shape index (κ1) is 12.6. The molecule has 2 N–H and O–H groups in total. The van der Waals surface area contributed by atoms with Crippen molar-refractivity contribution in [2.24, 2.45) is 0 Å². The Bertz CT molecular complexity index is 300. The zero-order valence-corrected chi connectivity index (χ0v) is 10.7. The highest BCUT2D eigenvalue weighted by Gasteiger charge is 2.15. The van der Waals surface area contributed by atoms with Crippen molar-refractivity contribution in [2.45, 2.75) is 26.2 Å². The van der Waals surface area contributed by atoms with Crippen LogP contribution in [0.4, 0.5) is 0 Å². The maximum Gasteiger partial charge on any atom is 0.246 e. The summed E-state index contributed by atoms with van der Waals surface area (Å²) in [5.41, 5.74) is 2.16. The van der Waals surface area contributed by atoms with Crippen molar-refractivity contribution >= 4 is 5.91 Å². The number of likely N-dealkylation sites (tertiary alicyclic amines) is 1. The molecule has 2 fully saturated rings. The topological polar surface area (TPSA) is 44.4 Å². The largest absolute Gasteiger partial charge is 0.352 e. The molecule has 2 aliphatic rings. The molecule has 0 unspecified atom stereocenters. The lowest BCUT2D eigenvalue weighted by molar-refractivity contribution is -0.117. The van der Waals surface area contributed by atoms with Gasteiger partial charge in [-0.2, -0.15) is 0 Å². The molecular formula is C13H23N3O. The summed E-state index contributed by atoms with van der Waals surface area (Å²) < 4.78 is 0. The number of carbonyl (C=O) groups is 1. The molecule has 1 amide bonds. The van der Waals surface area contributed by atoms with Gasteiger partial charge in [-0.05, 0) is 51.4 Å². The molecule has 4 heteroatoms. The van der Waals surface area contributed by atoms with E-state index < -0.39 is 0 Å². The number of nitrogens with zero attached hydrogens (tertiary/aromatic N) is 1. The van der Waals surface area contributed by atoms with Gasteiger partial charge in [0, 0.05) is 25.2 Å². The van der Waals surface area contributed by atoms with Crippen LogP contribution < -0.4 is 10.6 Å². The fourth-order valence-corrected chi connectivity index (χ4v) is 2.32. The van der Waals surface area contributed by atoms with Crippen LogP contribution in [0.5, 0.6) is 0 Å². The van der Waals surface area contributed by atoms with Crippen LogP contribution in [0.3, 0.4) is 0 Å². The van der Waals surface area contributed by atoms with E-state index in [0.717, 1.165) is 38.2 Å². The monoisotopic (exact) mass is 237 g/mol. The molecule has 0 bridgehead atoms. The molecule has 2 aliphatic heterocycles. The van der Waals surface area contributed by atoms with Gasteiger partial charge in [-0.15, -0.1) is 0 Å². The Morgan fingerprint density at radius 2 is 2.06 bits per heavy atom. The Morgan fingerprint density at radius 1 is 1.35 bits per heavy atom. The number of hydrogen-bond acceptors (Lipinski definition) is 3. The van der Waals surface area contributed by atoms with E-state index in [1.165, 1.54) is 31.5 Å². The maximum atomic E-state index is 11.8. The summed E-state index contributed by atoms with van der Waals surface area (Å²) in [4.78, 5) is 14.2. The Morgan fingerprint density at radius 3 is 2.65 bits per heavy atom. The van der Waals surface area contributed by atoms with Crippen LogP contribution in [-0.4, -0.2) is 50.1 Å². The van der Waals surface area contributed by atoms with E-state index in [1.807, 2.05) is 6.92 Å². The molecule has 0 saturated carbocycles. The predicted molar refractivity (Wildman–Crippen MR) is 68.9 cm³/mol. The molecule has 17 heavy (non-hydrogen) atoms. The zero-order valence-electron chi connectivity index (χ0n) is 10.7. The SMILES string of the molecule is CC(C(=O)NCCCN1CCCC1)=C1CNC1. The minimum Gasteiger partial charge on any atom is -0.352 e. The summed E-state index contributed by atoms with van der Waals surface area (Å²) in [5.74, 6) is 0.114. The van der Waals surface area contributed by atoms with E-state index >= 15 is 0 Å². The van der Waals surface area contributed by atoms with Crippen LogP contribution in [0.1, 0.15) is 26.2 Å². The van der Waals surface area contributed by atoms with E-state index in [2.05, 4.69) is 15.5 Å². The summed E-state index contributed by atoms with van der Waals surface area (Å²) in [6.07, 6.45) is 3.74. The quantitative estimate of drug-likeness (QED) is 0.541. The van der Waals surface area contributed by atoms with Gasteiger partial charge in [-0.3, -0.25) is 4.79 Å². The Kier molecular flexibility index (Phi) is 4.57. The van der Waals surface area contributed by atoms with E-state index in [9.17, 15) is 4.79 Å². The summed E-state index contributed by atoms with van der Waals surface area (Å²) >= 11 is 0. The first-order valence-corrected chi connectivity index (χ1v) is 6.67. The Balaban J connectivity index is 1.59. The summed E-state index contributed by atoms with van der Waals surface area (Å²) in [6.45, 7) is 8.09. The number of nitrogens with one attached hydrogen (secondary N) is 2. The van der Waals surface area contributed by atoms with Gasteiger partial charge >= 0.3 is 0 Å². The van der Waals surface area contributed by atoms with Crippen molar-refractivity contribution in [1.29, 1.82) is 0 Å². The maximum absolute atomic E-state index is 11.8. The molecule has 0 aliphatic carbocycles. The van der Waals surface area contributed by atoms with Gasteiger partial charge in [-0.1, -0.05) is 0 Å². The smallest absolute Gasteiger partial charge is 0.246 e. The fourth-order valence-electron chi connectivity index (χ4n) is 2.32. The molecule has 2 rings (SSSR count). The summed E-state index contributed by atoms with van der Waals surface area (Å²) in [5, 5.41) is 6.16. The van der Waals surface area contributed by atoms with Gasteiger partial charge in [0.15, 0.2) is 0 Å². The van der Waals surface area contributed by atoms with Crippen LogP contribution >= 0.6 is 0 Å². The molecular weight excluding hydrogens is 214 g/mol. The number of carbonyl (C=O) groups excluding carboxylic acids is 1. The molecule has 0 aromatic rings. The molecule has 0 spiro atoms. The molecule has 0 aromatic carbocycles. The van der Waals surface area contributed by atoms with Gasteiger partial charge in [0.25, 0.3) is 0 Å². The van der Waals surface area contributed by atoms with Crippen molar-refractivity contribution in [3.05, 3.63) is 11.1 Å². The molecule has 96 valence electrons. The highest BCUT2D eigenvalue weighted by molar-refractivity contribution is 5.93. The van der Waals surface area contributed by atoms with Crippen LogP contribution in [0, 0.1) is 0 Å². The first-order valence-electron chi connectivity index (χ1n) is 6.67. The first-order chi connectivity index (χ1) is 8.27. The zero-order chi connectivity index (χ0) is 12.1. The lowest BCUT2D eigenvalue weighted by Gasteiger charge is -2.21. The van der Waals surface area contributed by atoms with Crippen molar-refractivity contribution in [1.82, 2.24) is 15.5 Å². The second kappa shape index (κ2) is 6.17. The Labute approximate surface area is 103 Å². The minimum atomic E-state index is 0.114. The van der Waals surface area contributed by atoms with Crippen LogP contribution in [0.15, 0.2) is 11.1 Å². The highest BCUT2D eigenvalue weighted by atomic mass is 16.1. The van der Waals surface area contributed by atoms with Crippen molar-refractivity contribution in [2.75, 3.05) is 39.3 Å². The van der Waals surface area contributed by atoms with Gasteiger partial charge in [0.1, 0.15) is 0 Å². The minimum absolute atomic E-state index is 0.114. The lowest BCUT2D eigenvalue weighted by atomic mass is 10.0. The molecule has 2 heterocycles. The van der Waals surface area contributed by atoms with Gasteiger partial charge in [0.2, 0.25) is 5.91 Å².